The summed E-state index contributed by atoms with van der Waals surface area (Å²) in [6.07, 6.45) is 1.05. The number of carbonyl (C=O) groups is 2. The Morgan fingerprint density at radius 3 is 2.47 bits per heavy atom. The second-order valence-electron chi connectivity index (χ2n) is 4.71. The maximum Gasteiger partial charge on any atom is 0.349 e. The third-order valence-corrected chi connectivity index (χ3v) is 3.39. The van der Waals surface area contributed by atoms with Crippen molar-refractivity contribution in [1.29, 1.82) is 0 Å². The largest absolute Gasteiger partial charge is 0.349 e. The summed E-state index contributed by atoms with van der Waals surface area (Å²) >= 11 is 0. The van der Waals surface area contributed by atoms with Gasteiger partial charge in [0.05, 0.1) is 6.04 Å². The summed E-state index contributed by atoms with van der Waals surface area (Å²) in [7, 11) is 0. The van der Waals surface area contributed by atoms with Gasteiger partial charge in [-0.2, -0.15) is 8.78 Å². The van der Waals surface area contributed by atoms with Crippen molar-refractivity contribution in [2.45, 2.75) is 31.7 Å². The minimum absolute atomic E-state index is 0.214. The topological polar surface area (TPSA) is 37.4 Å². The van der Waals surface area contributed by atoms with Gasteiger partial charge in [0.25, 0.3) is 5.91 Å². The summed E-state index contributed by atoms with van der Waals surface area (Å²) in [6, 6.07) is 6.26. The van der Waals surface area contributed by atoms with Crippen molar-refractivity contribution in [3.63, 3.8) is 0 Å². The zero-order valence-electron chi connectivity index (χ0n) is 10.6. The number of alkyl halides is 2. The third-order valence-electron chi connectivity index (χ3n) is 3.39. The van der Waals surface area contributed by atoms with Crippen LogP contribution in [0.1, 0.15) is 25.3 Å². The number of hydrogen-bond acceptors (Lipinski definition) is 2. The van der Waals surface area contributed by atoms with Crippen molar-refractivity contribution in [2.24, 2.45) is 0 Å². The maximum atomic E-state index is 14.1. The second-order valence-corrected chi connectivity index (χ2v) is 4.71. The molecule has 1 atom stereocenters. The van der Waals surface area contributed by atoms with Crippen molar-refractivity contribution < 1.29 is 18.4 Å². The predicted molar refractivity (Wildman–Crippen MR) is 65.8 cm³/mol. The summed E-state index contributed by atoms with van der Waals surface area (Å²) in [5.41, 5.74) is -0.339. The average Bonchev–Trinajstić information content (AvgIpc) is 2.88. The maximum absolute atomic E-state index is 14.1. The number of carbonyl (C=O) groups excluding carboxylic acids is 2. The van der Waals surface area contributed by atoms with Crippen molar-refractivity contribution in [3.8, 4) is 0 Å². The minimum Gasteiger partial charge on any atom is -0.327 e. The molecule has 1 aliphatic rings. The van der Waals surface area contributed by atoms with Gasteiger partial charge in [-0.1, -0.05) is 30.3 Å². The van der Waals surface area contributed by atoms with Crippen molar-refractivity contribution in [2.75, 3.05) is 6.54 Å². The van der Waals surface area contributed by atoms with Gasteiger partial charge in [0, 0.05) is 12.1 Å². The quantitative estimate of drug-likeness (QED) is 0.843. The number of nitrogens with zero attached hydrogens (tertiary/aromatic N) is 1. The Balaban J connectivity index is 2.26. The molecule has 1 aromatic rings. The fraction of sp³-hybridized carbons (Fsp3) is 0.429. The van der Waals surface area contributed by atoms with Crippen LogP contribution in [0, 0.1) is 0 Å². The number of halogens is 2. The number of ketones is 1. The van der Waals surface area contributed by atoms with Gasteiger partial charge in [-0.3, -0.25) is 9.59 Å². The van der Waals surface area contributed by atoms with Crippen LogP contribution >= 0.6 is 0 Å². The number of hydrogen-bond donors (Lipinski definition) is 0. The van der Waals surface area contributed by atoms with Crippen molar-refractivity contribution >= 4 is 11.7 Å². The van der Waals surface area contributed by atoms with Crippen LogP contribution < -0.4 is 0 Å². The zero-order valence-corrected chi connectivity index (χ0v) is 10.6. The molecular weight excluding hydrogens is 252 g/mol. The van der Waals surface area contributed by atoms with E-state index in [2.05, 4.69) is 0 Å². The molecule has 0 saturated carbocycles. The molecule has 0 bridgehead atoms. The Kier molecular flexibility index (Phi) is 3.64. The first-order valence-corrected chi connectivity index (χ1v) is 6.19. The van der Waals surface area contributed by atoms with Gasteiger partial charge in [-0.15, -0.1) is 0 Å². The van der Waals surface area contributed by atoms with Gasteiger partial charge in [-0.05, 0) is 19.8 Å². The monoisotopic (exact) mass is 267 g/mol. The fourth-order valence-electron chi connectivity index (χ4n) is 2.38. The molecule has 5 heteroatoms. The first-order valence-electron chi connectivity index (χ1n) is 6.19. The molecule has 19 heavy (non-hydrogen) atoms. The molecule has 1 saturated heterocycles. The highest BCUT2D eigenvalue weighted by Crippen LogP contribution is 2.33. The molecule has 1 amide bonds. The van der Waals surface area contributed by atoms with Crippen molar-refractivity contribution in [1.82, 2.24) is 4.90 Å². The molecule has 1 fully saturated rings. The molecule has 3 nitrogen and oxygen atoms in total. The van der Waals surface area contributed by atoms with E-state index in [4.69, 9.17) is 0 Å². The van der Waals surface area contributed by atoms with Crippen LogP contribution in [0.2, 0.25) is 0 Å². The molecule has 102 valence electrons. The normalized spacial score (nSPS) is 19.5. The van der Waals surface area contributed by atoms with E-state index in [1.54, 1.807) is 6.07 Å². The lowest BCUT2D eigenvalue weighted by atomic mass is 10.1. The molecule has 0 radical (unpaired) electrons. The summed E-state index contributed by atoms with van der Waals surface area (Å²) in [5, 5.41) is 0. The number of benzene rings is 1. The predicted octanol–water partition coefficient (Wildman–Crippen LogP) is 2.36. The number of rotatable bonds is 3. The Morgan fingerprint density at radius 1 is 1.26 bits per heavy atom. The first-order chi connectivity index (χ1) is 8.94. The zero-order chi connectivity index (χ0) is 14.0. The van der Waals surface area contributed by atoms with Crippen LogP contribution in [0.25, 0.3) is 0 Å². The number of Topliss-reactive ketones (excluding diaryl/α,β-unsaturated/α-hetero) is 1. The van der Waals surface area contributed by atoms with Crippen LogP contribution in [-0.4, -0.2) is 29.2 Å². The van der Waals surface area contributed by atoms with E-state index in [9.17, 15) is 18.4 Å². The van der Waals surface area contributed by atoms with E-state index in [1.807, 2.05) is 0 Å². The van der Waals surface area contributed by atoms with Gasteiger partial charge in [0.15, 0.2) is 5.78 Å². The van der Waals surface area contributed by atoms with E-state index < -0.39 is 17.9 Å². The van der Waals surface area contributed by atoms with Crippen LogP contribution in [-0.2, 0) is 15.5 Å². The van der Waals surface area contributed by atoms with Gasteiger partial charge in [-0.25, -0.2) is 0 Å². The Morgan fingerprint density at radius 2 is 1.89 bits per heavy atom. The lowest BCUT2D eigenvalue weighted by Crippen LogP contribution is -2.46. The van der Waals surface area contributed by atoms with E-state index in [0.29, 0.717) is 12.8 Å². The van der Waals surface area contributed by atoms with E-state index >= 15 is 0 Å². The van der Waals surface area contributed by atoms with Crippen LogP contribution in [0.5, 0.6) is 0 Å². The highest BCUT2D eigenvalue weighted by atomic mass is 19.3. The van der Waals surface area contributed by atoms with Crippen LogP contribution in [0.4, 0.5) is 8.78 Å². The second kappa shape index (κ2) is 5.07. The van der Waals surface area contributed by atoms with Crippen LogP contribution in [0.15, 0.2) is 30.3 Å². The summed E-state index contributed by atoms with van der Waals surface area (Å²) in [6.45, 7) is 1.54. The summed E-state index contributed by atoms with van der Waals surface area (Å²) < 4.78 is 28.3. The average molecular weight is 267 g/mol. The molecule has 0 aromatic heterocycles. The lowest BCUT2D eigenvalue weighted by Gasteiger charge is -2.27. The number of amides is 1. The molecule has 2 rings (SSSR count). The molecule has 0 spiro atoms. The number of likely N-dealkylation sites (tertiary alicyclic amines) is 1. The SMILES string of the molecule is CC(=O)C1CCCN1C(=O)C(F)(F)c1ccccc1. The molecule has 1 aromatic carbocycles. The van der Waals surface area contributed by atoms with E-state index in [1.165, 1.54) is 31.2 Å². The standard InChI is InChI=1S/C14H15F2NO2/c1-10(18)12-8-5-9-17(12)13(19)14(15,16)11-6-3-2-4-7-11/h2-4,6-7,12H,5,8-9H2,1H3. The lowest BCUT2D eigenvalue weighted by molar-refractivity contribution is -0.161. The minimum atomic E-state index is -3.58. The highest BCUT2D eigenvalue weighted by Gasteiger charge is 2.47. The van der Waals surface area contributed by atoms with E-state index in [-0.39, 0.29) is 17.9 Å². The molecule has 0 aliphatic carbocycles. The van der Waals surface area contributed by atoms with Gasteiger partial charge in [0.1, 0.15) is 0 Å². The molecule has 1 unspecified atom stereocenters. The third kappa shape index (κ3) is 2.50. The summed E-state index contributed by atoms with van der Waals surface area (Å²) in [5.74, 6) is -5.11. The molecule has 0 N–H and O–H groups in total. The van der Waals surface area contributed by atoms with Gasteiger partial charge < -0.3 is 4.90 Å². The van der Waals surface area contributed by atoms with Gasteiger partial charge >= 0.3 is 5.92 Å². The van der Waals surface area contributed by atoms with Crippen molar-refractivity contribution in [3.05, 3.63) is 35.9 Å². The van der Waals surface area contributed by atoms with Crippen LogP contribution in [0.3, 0.4) is 0 Å². The Bertz CT molecular complexity index is 487. The van der Waals surface area contributed by atoms with Gasteiger partial charge in [0.2, 0.25) is 0 Å². The van der Waals surface area contributed by atoms with E-state index in [0.717, 1.165) is 4.90 Å². The first kappa shape index (κ1) is 13.6. The summed E-state index contributed by atoms with van der Waals surface area (Å²) in [4.78, 5) is 24.4. The Hall–Kier alpha value is -1.78. The fourth-order valence-corrected chi connectivity index (χ4v) is 2.38. The smallest absolute Gasteiger partial charge is 0.327 e. The molecular formula is C14H15F2NO2. The Labute approximate surface area is 110 Å². The highest BCUT2D eigenvalue weighted by molar-refractivity contribution is 5.91. The molecule has 1 heterocycles. The molecule has 1 aliphatic heterocycles.